The van der Waals surface area contributed by atoms with Gasteiger partial charge in [-0.15, -0.1) is 0 Å². The van der Waals surface area contributed by atoms with Crippen molar-refractivity contribution in [2.24, 2.45) is 0 Å². The standard InChI is InChI=1S/C16H13F2N5O3/c17-9-1-2-14(24)11(5-9)12-6-10(18)8-21(12)15-3-4-22-16(20-15)13(7-19-22)23(25)26/h1-5,7,10,12,24H,6,8H2/t10-,12+/m0/s1. The molecule has 3 aromatic rings. The van der Waals surface area contributed by atoms with Crippen LogP contribution in [0.3, 0.4) is 0 Å². The van der Waals surface area contributed by atoms with E-state index in [0.717, 1.165) is 18.3 Å². The number of halogens is 2. The maximum Gasteiger partial charge on any atom is 0.333 e. The molecule has 1 saturated heterocycles. The summed E-state index contributed by atoms with van der Waals surface area (Å²) >= 11 is 0. The number of rotatable bonds is 3. The van der Waals surface area contributed by atoms with Crippen LogP contribution < -0.4 is 4.90 Å². The first-order valence-electron chi connectivity index (χ1n) is 7.82. The molecule has 0 spiro atoms. The first-order chi connectivity index (χ1) is 12.4. The lowest BCUT2D eigenvalue weighted by atomic mass is 10.0. The second-order valence-electron chi connectivity index (χ2n) is 6.05. The number of benzene rings is 1. The lowest BCUT2D eigenvalue weighted by molar-refractivity contribution is -0.383. The number of anilines is 1. The minimum absolute atomic E-state index is 0.0221. The highest BCUT2D eigenvalue weighted by molar-refractivity contribution is 5.62. The SMILES string of the molecule is O=[N+]([O-])c1cnn2ccc(N3C[C@@H](F)C[C@@H]3c3cc(F)ccc3O)nc12. The second-order valence-corrected chi connectivity index (χ2v) is 6.05. The van der Waals surface area contributed by atoms with Crippen LogP contribution in [0.15, 0.2) is 36.7 Å². The van der Waals surface area contributed by atoms with Crippen LogP contribution in [0.4, 0.5) is 20.3 Å². The summed E-state index contributed by atoms with van der Waals surface area (Å²) in [7, 11) is 0. The molecular weight excluding hydrogens is 348 g/mol. The van der Waals surface area contributed by atoms with Crippen LogP contribution in [0.25, 0.3) is 5.65 Å². The Kier molecular flexibility index (Phi) is 3.67. The number of nitrogens with zero attached hydrogens (tertiary/aromatic N) is 5. The molecule has 0 unspecified atom stereocenters. The smallest absolute Gasteiger partial charge is 0.333 e. The molecule has 3 heterocycles. The van der Waals surface area contributed by atoms with Gasteiger partial charge in [0.2, 0.25) is 5.65 Å². The summed E-state index contributed by atoms with van der Waals surface area (Å²) in [6.45, 7) is -0.0221. The molecule has 8 nitrogen and oxygen atoms in total. The van der Waals surface area contributed by atoms with Gasteiger partial charge in [-0.2, -0.15) is 5.10 Å². The second kappa shape index (κ2) is 5.90. The van der Waals surface area contributed by atoms with E-state index >= 15 is 0 Å². The zero-order valence-corrected chi connectivity index (χ0v) is 13.3. The third-order valence-electron chi connectivity index (χ3n) is 4.43. The highest BCUT2D eigenvalue weighted by atomic mass is 19.1. The summed E-state index contributed by atoms with van der Waals surface area (Å²) < 4.78 is 29.0. The van der Waals surface area contributed by atoms with Crippen molar-refractivity contribution in [2.45, 2.75) is 18.6 Å². The van der Waals surface area contributed by atoms with Gasteiger partial charge in [-0.25, -0.2) is 18.3 Å². The van der Waals surface area contributed by atoms with Crippen LogP contribution in [-0.4, -0.2) is 37.3 Å². The zero-order valence-electron chi connectivity index (χ0n) is 13.3. The van der Waals surface area contributed by atoms with Crippen molar-refractivity contribution in [3.63, 3.8) is 0 Å². The van der Waals surface area contributed by atoms with E-state index in [1.54, 1.807) is 11.0 Å². The molecule has 0 saturated carbocycles. The summed E-state index contributed by atoms with van der Waals surface area (Å²) in [4.78, 5) is 16.3. The average Bonchev–Trinajstić information content (AvgIpc) is 3.19. The summed E-state index contributed by atoms with van der Waals surface area (Å²) in [5.74, 6) is -0.406. The van der Waals surface area contributed by atoms with Gasteiger partial charge in [0.25, 0.3) is 0 Å². The molecule has 2 atom stereocenters. The number of aromatic hydroxyl groups is 1. The van der Waals surface area contributed by atoms with Crippen molar-refractivity contribution < 1.29 is 18.8 Å². The molecule has 0 amide bonds. The number of nitro groups is 1. The molecule has 0 aliphatic carbocycles. The van der Waals surface area contributed by atoms with E-state index in [1.807, 2.05) is 0 Å². The molecule has 1 aromatic carbocycles. The van der Waals surface area contributed by atoms with E-state index in [2.05, 4.69) is 10.1 Å². The van der Waals surface area contributed by atoms with Crippen LogP contribution in [0.1, 0.15) is 18.0 Å². The minimum Gasteiger partial charge on any atom is -0.508 e. The maximum atomic E-state index is 14.1. The van der Waals surface area contributed by atoms with Gasteiger partial charge in [0.1, 0.15) is 29.8 Å². The van der Waals surface area contributed by atoms with Gasteiger partial charge >= 0.3 is 5.69 Å². The van der Waals surface area contributed by atoms with Crippen molar-refractivity contribution in [2.75, 3.05) is 11.4 Å². The van der Waals surface area contributed by atoms with E-state index in [4.69, 9.17) is 0 Å². The molecule has 10 heteroatoms. The third kappa shape index (κ3) is 2.59. The minimum atomic E-state index is -1.21. The molecule has 26 heavy (non-hydrogen) atoms. The van der Waals surface area contributed by atoms with E-state index in [-0.39, 0.29) is 41.4 Å². The Labute approximate surface area is 145 Å². The Morgan fingerprint density at radius 1 is 1.35 bits per heavy atom. The Morgan fingerprint density at radius 2 is 2.15 bits per heavy atom. The van der Waals surface area contributed by atoms with Gasteiger partial charge in [0, 0.05) is 18.2 Å². The Balaban J connectivity index is 1.80. The van der Waals surface area contributed by atoms with E-state index < -0.39 is 23.0 Å². The predicted molar refractivity (Wildman–Crippen MR) is 87.3 cm³/mol. The van der Waals surface area contributed by atoms with E-state index in [0.29, 0.717) is 0 Å². The quantitative estimate of drug-likeness (QED) is 0.569. The van der Waals surface area contributed by atoms with Gasteiger partial charge < -0.3 is 10.0 Å². The fourth-order valence-electron chi connectivity index (χ4n) is 3.26. The maximum absolute atomic E-state index is 14.1. The van der Waals surface area contributed by atoms with Gasteiger partial charge in [-0.1, -0.05) is 0 Å². The molecule has 0 radical (unpaired) electrons. The highest BCUT2D eigenvalue weighted by Gasteiger charge is 2.36. The monoisotopic (exact) mass is 361 g/mol. The molecular formula is C16H13F2N5O3. The summed E-state index contributed by atoms with van der Waals surface area (Å²) in [5.41, 5.74) is -0.000138. The predicted octanol–water partition coefficient (Wildman–Crippen LogP) is 2.77. The molecule has 1 N–H and O–H groups in total. The van der Waals surface area contributed by atoms with Crippen LogP contribution in [0, 0.1) is 15.9 Å². The fraction of sp³-hybridized carbons (Fsp3) is 0.250. The van der Waals surface area contributed by atoms with Crippen LogP contribution in [0.5, 0.6) is 5.75 Å². The third-order valence-corrected chi connectivity index (χ3v) is 4.43. The van der Waals surface area contributed by atoms with Crippen molar-refractivity contribution in [1.29, 1.82) is 0 Å². The molecule has 2 aromatic heterocycles. The van der Waals surface area contributed by atoms with Crippen LogP contribution >= 0.6 is 0 Å². The molecule has 1 aliphatic rings. The van der Waals surface area contributed by atoms with Crippen molar-refractivity contribution in [3.05, 3.63) is 58.2 Å². The Morgan fingerprint density at radius 3 is 2.92 bits per heavy atom. The van der Waals surface area contributed by atoms with Gasteiger partial charge in [-0.3, -0.25) is 10.1 Å². The fourth-order valence-corrected chi connectivity index (χ4v) is 3.26. The van der Waals surface area contributed by atoms with E-state index in [1.165, 1.54) is 16.8 Å². The van der Waals surface area contributed by atoms with E-state index in [9.17, 15) is 24.0 Å². The summed E-state index contributed by atoms with van der Waals surface area (Å²) in [6, 6.07) is 4.39. The molecule has 1 aliphatic heterocycles. The Bertz CT molecular complexity index is 1010. The first-order valence-corrected chi connectivity index (χ1v) is 7.82. The normalized spacial score (nSPS) is 20.0. The number of hydrogen-bond acceptors (Lipinski definition) is 6. The molecule has 4 rings (SSSR count). The molecule has 0 bridgehead atoms. The average molecular weight is 361 g/mol. The number of hydrogen-bond donors (Lipinski definition) is 1. The lowest BCUT2D eigenvalue weighted by Crippen LogP contribution is -2.25. The van der Waals surface area contributed by atoms with Crippen LogP contribution in [0.2, 0.25) is 0 Å². The molecule has 1 fully saturated rings. The topological polar surface area (TPSA) is 96.8 Å². The van der Waals surface area contributed by atoms with Gasteiger partial charge in [0.05, 0.1) is 17.5 Å². The number of aromatic nitrogens is 3. The zero-order chi connectivity index (χ0) is 18.4. The van der Waals surface area contributed by atoms with Crippen molar-refractivity contribution in [3.8, 4) is 5.75 Å². The number of alkyl halides is 1. The van der Waals surface area contributed by atoms with Gasteiger partial charge in [0.15, 0.2) is 0 Å². The van der Waals surface area contributed by atoms with Crippen LogP contribution in [-0.2, 0) is 0 Å². The number of phenolic OH excluding ortho intramolecular Hbond substituents is 1. The lowest BCUT2D eigenvalue weighted by Gasteiger charge is -2.26. The van der Waals surface area contributed by atoms with Gasteiger partial charge in [-0.05, 0) is 24.3 Å². The first kappa shape index (κ1) is 16.2. The largest absolute Gasteiger partial charge is 0.508 e. The van der Waals surface area contributed by atoms with Crippen molar-refractivity contribution >= 4 is 17.2 Å². The number of phenols is 1. The molecule has 134 valence electrons. The number of fused-ring (bicyclic) bond motifs is 1. The Hall–Kier alpha value is -3.30. The summed E-state index contributed by atoms with van der Waals surface area (Å²) in [6.07, 6.45) is 1.41. The summed E-state index contributed by atoms with van der Waals surface area (Å²) in [5, 5.41) is 25.0. The van der Waals surface area contributed by atoms with Crippen molar-refractivity contribution in [1.82, 2.24) is 14.6 Å². The highest BCUT2D eigenvalue weighted by Crippen LogP contribution is 2.40.